The van der Waals surface area contributed by atoms with Gasteiger partial charge < -0.3 is 5.32 Å². The van der Waals surface area contributed by atoms with Crippen molar-refractivity contribution < 1.29 is 4.79 Å². The molecule has 1 saturated carbocycles. The van der Waals surface area contributed by atoms with Gasteiger partial charge in [-0.3, -0.25) is 9.69 Å². The van der Waals surface area contributed by atoms with Gasteiger partial charge in [0.15, 0.2) is 0 Å². The summed E-state index contributed by atoms with van der Waals surface area (Å²) in [6.45, 7) is 9.87. The number of carbonyl (C=O) groups excluding carboxylic acids is 1. The first kappa shape index (κ1) is 27.9. The van der Waals surface area contributed by atoms with Crippen LogP contribution in [0.5, 0.6) is 0 Å². The molecule has 1 amide bonds. The lowest BCUT2D eigenvalue weighted by molar-refractivity contribution is -0.127. The Labute approximate surface area is 226 Å². The molecule has 1 heterocycles. The van der Waals surface area contributed by atoms with E-state index in [0.29, 0.717) is 11.8 Å². The standard InChI is InChI=1S/C34H50N2O/c1-4-5-7-11-28-15-17-31(18-16-28)34(37)35-33(23-30-21-26(2)20-27(3)22-30)32-14-10-19-36(25-32)24-29-12-8-6-9-13-29/h6,8-9,12-13,20-22,28,31-33H,4-5,7,10-11,14-19,23-25H2,1-3H3,(H,35,37). The van der Waals surface area contributed by atoms with E-state index >= 15 is 0 Å². The van der Waals surface area contributed by atoms with E-state index < -0.39 is 0 Å². The molecule has 0 spiro atoms. The Morgan fingerprint density at radius 1 is 0.946 bits per heavy atom. The molecular weight excluding hydrogens is 452 g/mol. The quantitative estimate of drug-likeness (QED) is 0.320. The number of unbranched alkanes of at least 4 members (excludes halogenated alkanes) is 2. The number of hydrogen-bond donors (Lipinski definition) is 1. The second-order valence-electron chi connectivity index (χ2n) is 12.2. The normalized spacial score (nSPS) is 23.5. The van der Waals surface area contributed by atoms with Gasteiger partial charge in [-0.05, 0) is 88.3 Å². The van der Waals surface area contributed by atoms with Gasteiger partial charge in [0.2, 0.25) is 5.91 Å². The highest BCUT2D eigenvalue weighted by atomic mass is 16.1. The largest absolute Gasteiger partial charge is 0.352 e. The van der Waals surface area contributed by atoms with E-state index in [1.165, 1.54) is 73.6 Å². The van der Waals surface area contributed by atoms with Crippen molar-refractivity contribution in [3.8, 4) is 0 Å². The third-order valence-corrected chi connectivity index (χ3v) is 8.86. The van der Waals surface area contributed by atoms with Crippen molar-refractivity contribution in [2.45, 2.75) is 104 Å². The molecule has 3 heteroatoms. The third-order valence-electron chi connectivity index (χ3n) is 8.86. The minimum Gasteiger partial charge on any atom is -0.352 e. The molecule has 37 heavy (non-hydrogen) atoms. The zero-order valence-electron chi connectivity index (χ0n) is 23.7. The molecule has 1 aliphatic heterocycles. The van der Waals surface area contributed by atoms with Crippen LogP contribution in [-0.4, -0.2) is 29.9 Å². The molecule has 0 radical (unpaired) electrons. The molecule has 1 aliphatic carbocycles. The highest BCUT2D eigenvalue weighted by molar-refractivity contribution is 5.79. The van der Waals surface area contributed by atoms with Crippen LogP contribution >= 0.6 is 0 Å². The summed E-state index contributed by atoms with van der Waals surface area (Å²) < 4.78 is 0. The van der Waals surface area contributed by atoms with Crippen molar-refractivity contribution in [1.82, 2.24) is 10.2 Å². The minimum absolute atomic E-state index is 0.202. The van der Waals surface area contributed by atoms with E-state index in [9.17, 15) is 4.79 Å². The topological polar surface area (TPSA) is 32.3 Å². The lowest BCUT2D eigenvalue weighted by atomic mass is 9.79. The molecule has 0 bridgehead atoms. The van der Waals surface area contributed by atoms with Crippen LogP contribution in [-0.2, 0) is 17.8 Å². The Morgan fingerprint density at radius 3 is 2.38 bits per heavy atom. The van der Waals surface area contributed by atoms with Gasteiger partial charge >= 0.3 is 0 Å². The Bertz CT molecular complexity index is 943. The van der Waals surface area contributed by atoms with Crippen LogP contribution in [0.3, 0.4) is 0 Å². The lowest BCUT2D eigenvalue weighted by Gasteiger charge is -2.38. The van der Waals surface area contributed by atoms with E-state index in [-0.39, 0.29) is 12.0 Å². The third kappa shape index (κ3) is 8.70. The van der Waals surface area contributed by atoms with Crippen molar-refractivity contribution >= 4 is 5.91 Å². The van der Waals surface area contributed by atoms with E-state index in [0.717, 1.165) is 44.8 Å². The molecule has 1 N–H and O–H groups in total. The van der Waals surface area contributed by atoms with Crippen molar-refractivity contribution in [3.05, 3.63) is 70.8 Å². The Hall–Kier alpha value is -2.13. The molecule has 2 aromatic rings. The fourth-order valence-corrected chi connectivity index (χ4v) is 6.88. The summed E-state index contributed by atoms with van der Waals surface area (Å²) in [6.07, 6.45) is 13.3. The summed E-state index contributed by atoms with van der Waals surface area (Å²) in [6, 6.07) is 17.9. The maximum absolute atomic E-state index is 13.6. The van der Waals surface area contributed by atoms with Crippen LogP contribution in [0.25, 0.3) is 0 Å². The molecule has 0 aromatic heterocycles. The number of amides is 1. The van der Waals surface area contributed by atoms with Gasteiger partial charge in [-0.25, -0.2) is 0 Å². The van der Waals surface area contributed by atoms with Gasteiger partial charge in [0.05, 0.1) is 0 Å². The molecule has 2 aromatic carbocycles. The molecule has 3 nitrogen and oxygen atoms in total. The summed E-state index contributed by atoms with van der Waals surface area (Å²) in [7, 11) is 0. The van der Waals surface area contributed by atoms with Crippen LogP contribution in [0, 0.1) is 31.6 Å². The number of nitrogens with one attached hydrogen (secondary N) is 1. The lowest BCUT2D eigenvalue weighted by Crippen LogP contribution is -2.50. The van der Waals surface area contributed by atoms with Crippen LogP contribution in [0.1, 0.15) is 93.4 Å². The van der Waals surface area contributed by atoms with Crippen LogP contribution in [0.2, 0.25) is 0 Å². The second kappa shape index (κ2) is 14.1. The monoisotopic (exact) mass is 502 g/mol. The fraction of sp³-hybridized carbons (Fsp3) is 0.618. The zero-order valence-corrected chi connectivity index (χ0v) is 23.7. The number of piperidine rings is 1. The predicted molar refractivity (Wildman–Crippen MR) is 156 cm³/mol. The average molecular weight is 503 g/mol. The summed E-state index contributed by atoms with van der Waals surface area (Å²) >= 11 is 0. The maximum atomic E-state index is 13.6. The molecule has 2 aliphatic rings. The van der Waals surface area contributed by atoms with E-state index in [1.54, 1.807) is 0 Å². The van der Waals surface area contributed by atoms with Crippen molar-refractivity contribution in [2.75, 3.05) is 13.1 Å². The second-order valence-corrected chi connectivity index (χ2v) is 12.2. The Morgan fingerprint density at radius 2 is 1.68 bits per heavy atom. The van der Waals surface area contributed by atoms with Gasteiger partial charge in [-0.15, -0.1) is 0 Å². The molecule has 2 atom stereocenters. The number of likely N-dealkylation sites (tertiary alicyclic amines) is 1. The fourth-order valence-electron chi connectivity index (χ4n) is 6.88. The smallest absolute Gasteiger partial charge is 0.223 e. The highest BCUT2D eigenvalue weighted by Crippen LogP contribution is 2.33. The van der Waals surface area contributed by atoms with Crippen LogP contribution in [0.4, 0.5) is 0 Å². The average Bonchev–Trinajstić information content (AvgIpc) is 2.89. The Kier molecular flexibility index (Phi) is 10.7. The first-order chi connectivity index (χ1) is 18.0. The number of carbonyl (C=O) groups is 1. The maximum Gasteiger partial charge on any atom is 0.223 e. The van der Waals surface area contributed by atoms with E-state index in [4.69, 9.17) is 0 Å². The number of aryl methyl sites for hydroxylation is 2. The summed E-state index contributed by atoms with van der Waals surface area (Å²) in [4.78, 5) is 16.2. The van der Waals surface area contributed by atoms with Crippen LogP contribution < -0.4 is 5.32 Å². The molecule has 202 valence electrons. The molecular formula is C34H50N2O. The number of benzene rings is 2. The number of rotatable bonds is 11. The SMILES string of the molecule is CCCCCC1CCC(C(=O)NC(Cc2cc(C)cc(C)c2)C2CCCN(Cc3ccccc3)C2)CC1. The van der Waals surface area contributed by atoms with Crippen molar-refractivity contribution in [3.63, 3.8) is 0 Å². The highest BCUT2D eigenvalue weighted by Gasteiger charge is 2.32. The Balaban J connectivity index is 1.41. The van der Waals surface area contributed by atoms with Gasteiger partial charge in [-0.2, -0.15) is 0 Å². The minimum atomic E-state index is 0.202. The molecule has 2 fully saturated rings. The summed E-state index contributed by atoms with van der Waals surface area (Å²) in [5, 5.41) is 3.63. The summed E-state index contributed by atoms with van der Waals surface area (Å²) in [5.74, 6) is 1.86. The van der Waals surface area contributed by atoms with E-state index in [2.05, 4.69) is 79.5 Å². The zero-order chi connectivity index (χ0) is 26.0. The van der Waals surface area contributed by atoms with E-state index in [1.807, 2.05) is 0 Å². The van der Waals surface area contributed by atoms with Gasteiger partial charge in [-0.1, -0.05) is 92.3 Å². The van der Waals surface area contributed by atoms with Gasteiger partial charge in [0, 0.05) is 25.0 Å². The molecule has 1 saturated heterocycles. The predicted octanol–water partition coefficient (Wildman–Crippen LogP) is 7.63. The summed E-state index contributed by atoms with van der Waals surface area (Å²) in [5.41, 5.74) is 5.38. The first-order valence-electron chi connectivity index (χ1n) is 15.1. The van der Waals surface area contributed by atoms with Gasteiger partial charge in [0.1, 0.15) is 0 Å². The first-order valence-corrected chi connectivity index (χ1v) is 15.1. The number of hydrogen-bond acceptors (Lipinski definition) is 2. The number of nitrogens with zero attached hydrogens (tertiary/aromatic N) is 1. The van der Waals surface area contributed by atoms with Crippen molar-refractivity contribution in [2.24, 2.45) is 17.8 Å². The van der Waals surface area contributed by atoms with Crippen LogP contribution in [0.15, 0.2) is 48.5 Å². The van der Waals surface area contributed by atoms with Gasteiger partial charge in [0.25, 0.3) is 0 Å². The molecule has 2 unspecified atom stereocenters. The molecule has 4 rings (SSSR count). The van der Waals surface area contributed by atoms with Crippen molar-refractivity contribution in [1.29, 1.82) is 0 Å².